The van der Waals surface area contributed by atoms with Gasteiger partial charge >= 0.3 is 17.6 Å². The van der Waals surface area contributed by atoms with Crippen LogP contribution >= 0.6 is 0 Å². The van der Waals surface area contributed by atoms with Crippen LogP contribution in [0.2, 0.25) is 0 Å². The van der Waals surface area contributed by atoms with Crippen molar-refractivity contribution in [2.75, 3.05) is 0 Å². The fourth-order valence-electron chi connectivity index (χ4n) is 0.791. The normalized spacial score (nSPS) is 11.4. The maximum Gasteiger partial charge on any atom is 0.417 e. The first-order valence-electron chi connectivity index (χ1n) is 3.26. The van der Waals surface area contributed by atoms with Crippen molar-refractivity contribution in [2.24, 2.45) is 0 Å². The van der Waals surface area contributed by atoms with Gasteiger partial charge in [0.2, 0.25) is 0 Å². The van der Waals surface area contributed by atoms with Crippen molar-refractivity contribution in [1.29, 1.82) is 0 Å². The average molecular weight is 208 g/mol. The molecule has 1 aromatic heterocycles. The predicted octanol–water partition coefficient (Wildman–Crippen LogP) is 1.30. The molecule has 0 amide bonds. The number of pyridine rings is 1. The highest BCUT2D eigenvalue weighted by Gasteiger charge is 2.32. The second-order valence-corrected chi connectivity index (χ2v) is 2.37. The molecule has 1 heterocycles. The summed E-state index contributed by atoms with van der Waals surface area (Å²) in [4.78, 5) is 21.3. The van der Waals surface area contributed by atoms with Gasteiger partial charge in [-0.15, -0.1) is 0 Å². The summed E-state index contributed by atoms with van der Waals surface area (Å²) in [7, 11) is 0. The molecule has 0 atom stereocenters. The molecule has 0 saturated heterocycles. The van der Waals surface area contributed by atoms with E-state index in [1.54, 1.807) is 4.98 Å². The molecule has 0 fully saturated rings. The Morgan fingerprint density at radius 1 is 1.36 bits per heavy atom. The van der Waals surface area contributed by atoms with E-state index in [4.69, 9.17) is 0 Å². The van der Waals surface area contributed by atoms with Gasteiger partial charge in [-0.05, 0) is 4.92 Å². The number of nitrogens with zero attached hydrogens (tertiary/aromatic N) is 1. The van der Waals surface area contributed by atoms with E-state index in [-0.39, 0.29) is 12.1 Å². The summed E-state index contributed by atoms with van der Waals surface area (Å²) in [6.07, 6.45) is -4.76. The Morgan fingerprint density at radius 3 is 2.36 bits per heavy atom. The lowest BCUT2D eigenvalue weighted by Gasteiger charge is -2.04. The Labute approximate surface area is 74.3 Å². The molecule has 0 saturated carbocycles. The van der Waals surface area contributed by atoms with Crippen molar-refractivity contribution in [1.82, 2.24) is 4.98 Å². The van der Waals surface area contributed by atoms with Crippen molar-refractivity contribution in [3.05, 3.63) is 38.2 Å². The number of alkyl halides is 3. The molecule has 0 aliphatic rings. The first-order valence-corrected chi connectivity index (χ1v) is 3.26. The summed E-state index contributed by atoms with van der Waals surface area (Å²) in [5.41, 5.74) is -2.50. The summed E-state index contributed by atoms with van der Waals surface area (Å²) in [6.45, 7) is 0. The number of aromatic nitrogens is 1. The highest BCUT2D eigenvalue weighted by molar-refractivity contribution is 5.27. The quantitative estimate of drug-likeness (QED) is 0.558. The minimum Gasteiger partial charge on any atom is -0.358 e. The Morgan fingerprint density at radius 2 is 1.93 bits per heavy atom. The highest BCUT2D eigenvalue weighted by Crippen LogP contribution is 2.29. The van der Waals surface area contributed by atoms with Gasteiger partial charge < -0.3 is 10.1 Å². The number of aromatic amines is 1. The Bertz CT molecular complexity index is 423. The van der Waals surface area contributed by atoms with E-state index in [0.717, 1.165) is 0 Å². The van der Waals surface area contributed by atoms with Gasteiger partial charge in [0.25, 0.3) is 0 Å². The van der Waals surface area contributed by atoms with Gasteiger partial charge in [0, 0.05) is 12.1 Å². The standard InChI is InChI=1S/C6H3F3N2O3/c7-6(8,9)3-1-4(11(13)14)10-5(12)2-3/h1-2H,(H,10,12). The number of hydrogen-bond acceptors (Lipinski definition) is 3. The zero-order chi connectivity index (χ0) is 10.9. The molecular formula is C6H3F3N2O3. The number of nitrogens with one attached hydrogen (secondary N) is 1. The fraction of sp³-hybridized carbons (Fsp3) is 0.167. The maximum absolute atomic E-state index is 12.0. The molecular weight excluding hydrogens is 205 g/mol. The van der Waals surface area contributed by atoms with Gasteiger partial charge in [-0.25, -0.2) is 9.78 Å². The third-order valence-electron chi connectivity index (χ3n) is 1.35. The smallest absolute Gasteiger partial charge is 0.358 e. The van der Waals surface area contributed by atoms with Crippen LogP contribution in [0.1, 0.15) is 5.56 Å². The number of H-pyrrole nitrogens is 1. The SMILES string of the molecule is O=c1cc(C(F)(F)F)cc([N+](=O)[O-])[nH]1. The molecule has 0 aromatic carbocycles. The van der Waals surface area contributed by atoms with Crippen molar-refractivity contribution in [3.63, 3.8) is 0 Å². The van der Waals surface area contributed by atoms with Gasteiger partial charge in [0.15, 0.2) is 0 Å². The molecule has 14 heavy (non-hydrogen) atoms. The first kappa shape index (κ1) is 10.2. The molecule has 1 N–H and O–H groups in total. The van der Waals surface area contributed by atoms with Crippen molar-refractivity contribution in [2.45, 2.75) is 6.18 Å². The van der Waals surface area contributed by atoms with Gasteiger partial charge in [-0.3, -0.25) is 0 Å². The van der Waals surface area contributed by atoms with Crippen molar-refractivity contribution >= 4 is 5.82 Å². The molecule has 0 aliphatic carbocycles. The topological polar surface area (TPSA) is 76.0 Å². The number of nitro groups is 1. The fourth-order valence-corrected chi connectivity index (χ4v) is 0.791. The van der Waals surface area contributed by atoms with Crippen molar-refractivity contribution < 1.29 is 18.1 Å². The van der Waals surface area contributed by atoms with E-state index in [1.807, 2.05) is 0 Å². The number of rotatable bonds is 1. The van der Waals surface area contributed by atoms with Crippen LogP contribution in [0.25, 0.3) is 0 Å². The van der Waals surface area contributed by atoms with E-state index in [2.05, 4.69) is 0 Å². The summed E-state index contributed by atoms with van der Waals surface area (Å²) in [5.74, 6) is -0.982. The summed E-state index contributed by atoms with van der Waals surface area (Å²) < 4.78 is 36.1. The van der Waals surface area contributed by atoms with Crippen LogP contribution in [0.3, 0.4) is 0 Å². The monoisotopic (exact) mass is 208 g/mol. The van der Waals surface area contributed by atoms with Gasteiger partial charge in [-0.1, -0.05) is 0 Å². The van der Waals surface area contributed by atoms with E-state index >= 15 is 0 Å². The second-order valence-electron chi connectivity index (χ2n) is 2.37. The first-order chi connectivity index (χ1) is 6.30. The van der Waals surface area contributed by atoms with Gasteiger partial charge in [-0.2, -0.15) is 13.2 Å². The zero-order valence-electron chi connectivity index (χ0n) is 6.46. The van der Waals surface area contributed by atoms with Crippen LogP contribution in [0.5, 0.6) is 0 Å². The molecule has 0 spiro atoms. The van der Waals surface area contributed by atoms with E-state index in [0.29, 0.717) is 0 Å². The van der Waals surface area contributed by atoms with E-state index < -0.39 is 28.0 Å². The van der Waals surface area contributed by atoms with E-state index in [9.17, 15) is 28.1 Å². The number of halogens is 3. The molecule has 1 aromatic rings. The third-order valence-corrected chi connectivity index (χ3v) is 1.35. The third kappa shape index (κ3) is 2.09. The zero-order valence-corrected chi connectivity index (χ0v) is 6.46. The van der Waals surface area contributed by atoms with Crippen LogP contribution in [-0.2, 0) is 6.18 Å². The van der Waals surface area contributed by atoms with Gasteiger partial charge in [0.1, 0.15) is 0 Å². The van der Waals surface area contributed by atoms with Crippen LogP contribution < -0.4 is 5.56 Å². The van der Waals surface area contributed by atoms with Crippen LogP contribution in [0.15, 0.2) is 16.9 Å². The van der Waals surface area contributed by atoms with Gasteiger partial charge in [0.05, 0.1) is 5.56 Å². The number of hydrogen-bond donors (Lipinski definition) is 1. The molecule has 0 aliphatic heterocycles. The van der Waals surface area contributed by atoms with Crippen molar-refractivity contribution in [3.8, 4) is 0 Å². The summed E-state index contributed by atoms with van der Waals surface area (Å²) >= 11 is 0. The Balaban J connectivity index is 3.35. The van der Waals surface area contributed by atoms with E-state index in [1.165, 1.54) is 0 Å². The lowest BCUT2D eigenvalue weighted by Crippen LogP contribution is -2.14. The molecule has 5 nitrogen and oxygen atoms in total. The molecule has 8 heteroatoms. The molecule has 0 radical (unpaired) electrons. The largest absolute Gasteiger partial charge is 0.417 e. The molecule has 0 bridgehead atoms. The van der Waals surface area contributed by atoms with Crippen LogP contribution in [-0.4, -0.2) is 9.91 Å². The molecule has 76 valence electrons. The minimum atomic E-state index is -4.76. The lowest BCUT2D eigenvalue weighted by molar-refractivity contribution is -0.389. The Hall–Kier alpha value is -1.86. The lowest BCUT2D eigenvalue weighted by atomic mass is 10.2. The Kier molecular flexibility index (Phi) is 2.28. The molecule has 0 unspecified atom stereocenters. The molecule has 1 rings (SSSR count). The van der Waals surface area contributed by atoms with Crippen LogP contribution in [0.4, 0.5) is 19.0 Å². The second kappa shape index (κ2) is 3.13. The minimum absolute atomic E-state index is 0.257. The highest BCUT2D eigenvalue weighted by atomic mass is 19.4. The predicted molar refractivity (Wildman–Crippen MR) is 38.7 cm³/mol. The summed E-state index contributed by atoms with van der Waals surface area (Å²) in [6, 6.07) is 0.522. The average Bonchev–Trinajstić information content (AvgIpc) is 2.01. The maximum atomic E-state index is 12.0. The van der Waals surface area contributed by atoms with Crippen LogP contribution in [0, 0.1) is 10.1 Å². The summed E-state index contributed by atoms with van der Waals surface area (Å²) in [5, 5.41) is 10.1.